The molecule has 0 bridgehead atoms. The Kier molecular flexibility index (Phi) is 6.02. The van der Waals surface area contributed by atoms with Crippen molar-refractivity contribution in [1.29, 1.82) is 0 Å². The van der Waals surface area contributed by atoms with E-state index in [0.717, 1.165) is 6.08 Å². The first-order chi connectivity index (χ1) is 12.0. The first kappa shape index (κ1) is 17.9. The Balaban J connectivity index is 2.18. The number of hydrogen-bond donors (Lipinski definition) is 4. The van der Waals surface area contributed by atoms with Gasteiger partial charge in [-0.3, -0.25) is 14.8 Å². The number of carbonyl (C=O) groups excluding carboxylic acids is 2. The second-order valence-electron chi connectivity index (χ2n) is 5.09. The molecule has 0 saturated heterocycles. The summed E-state index contributed by atoms with van der Waals surface area (Å²) in [6, 6.07) is 13.5. The molecule has 1 atom stereocenters. The third-order valence-corrected chi connectivity index (χ3v) is 3.34. The first-order valence-corrected chi connectivity index (χ1v) is 7.32. The second kappa shape index (κ2) is 8.42. The molecular weight excluding hydrogens is 324 g/mol. The van der Waals surface area contributed by atoms with Crippen molar-refractivity contribution in [2.45, 2.75) is 6.04 Å². The highest BCUT2D eigenvalue weighted by molar-refractivity contribution is 5.97. The van der Waals surface area contributed by atoms with E-state index < -0.39 is 23.8 Å². The summed E-state index contributed by atoms with van der Waals surface area (Å²) in [5.74, 6) is -2.43. The first-order valence-electron chi connectivity index (χ1n) is 7.32. The van der Waals surface area contributed by atoms with Crippen LogP contribution >= 0.6 is 0 Å². The Morgan fingerprint density at radius 3 is 2.36 bits per heavy atom. The van der Waals surface area contributed by atoms with E-state index in [1.807, 2.05) is 0 Å². The number of benzene rings is 2. The maximum atomic E-state index is 12.4. The predicted molar refractivity (Wildman–Crippen MR) is 89.7 cm³/mol. The number of rotatable bonds is 6. The van der Waals surface area contributed by atoms with E-state index in [0.29, 0.717) is 11.1 Å². The van der Waals surface area contributed by atoms with Gasteiger partial charge in [0.1, 0.15) is 0 Å². The number of aliphatic carboxylic acids is 1. The molecule has 2 aromatic rings. The van der Waals surface area contributed by atoms with Gasteiger partial charge in [-0.2, -0.15) is 0 Å². The number of hydroxylamine groups is 1. The average molecular weight is 340 g/mol. The van der Waals surface area contributed by atoms with Crippen LogP contribution < -0.4 is 10.8 Å². The van der Waals surface area contributed by atoms with Crippen LogP contribution in [0.5, 0.6) is 0 Å². The molecule has 2 aromatic carbocycles. The van der Waals surface area contributed by atoms with Crippen molar-refractivity contribution in [2.24, 2.45) is 0 Å². The van der Waals surface area contributed by atoms with Crippen LogP contribution in [-0.4, -0.2) is 28.1 Å². The van der Waals surface area contributed by atoms with Crippen LogP contribution in [0.3, 0.4) is 0 Å². The van der Waals surface area contributed by atoms with E-state index in [1.165, 1.54) is 23.7 Å². The molecule has 0 fully saturated rings. The van der Waals surface area contributed by atoms with Crippen molar-refractivity contribution in [3.05, 3.63) is 77.4 Å². The Labute approximate surface area is 143 Å². The predicted octanol–water partition coefficient (Wildman–Crippen LogP) is 1.76. The van der Waals surface area contributed by atoms with Gasteiger partial charge < -0.3 is 10.4 Å². The molecule has 0 unspecified atom stereocenters. The second-order valence-corrected chi connectivity index (χ2v) is 5.09. The lowest BCUT2D eigenvalue weighted by Gasteiger charge is -2.15. The van der Waals surface area contributed by atoms with Gasteiger partial charge in [0.05, 0.1) is 0 Å². The highest BCUT2D eigenvalue weighted by atomic mass is 16.5. The summed E-state index contributed by atoms with van der Waals surface area (Å²) >= 11 is 0. The molecule has 0 spiro atoms. The van der Waals surface area contributed by atoms with Crippen molar-refractivity contribution < 1.29 is 24.7 Å². The molecule has 0 aliphatic heterocycles. The largest absolute Gasteiger partial charge is 0.479 e. The Morgan fingerprint density at radius 1 is 1.00 bits per heavy atom. The summed E-state index contributed by atoms with van der Waals surface area (Å²) in [6.07, 6.45) is 2.51. The van der Waals surface area contributed by atoms with Gasteiger partial charge in [-0.1, -0.05) is 42.5 Å². The fraction of sp³-hybridized carbons (Fsp3) is 0.0556. The molecule has 7 heteroatoms. The van der Waals surface area contributed by atoms with E-state index in [2.05, 4.69) is 5.32 Å². The molecule has 0 saturated carbocycles. The van der Waals surface area contributed by atoms with Gasteiger partial charge in [0, 0.05) is 11.6 Å². The van der Waals surface area contributed by atoms with Crippen molar-refractivity contribution >= 4 is 23.9 Å². The van der Waals surface area contributed by atoms with E-state index in [1.54, 1.807) is 42.5 Å². The van der Waals surface area contributed by atoms with Crippen LogP contribution in [0.4, 0.5) is 0 Å². The SMILES string of the molecule is O=C(/C=C/c1cccc(C(=O)N[C@H](C(=O)O)c2ccccc2)c1)NO. The summed E-state index contributed by atoms with van der Waals surface area (Å²) < 4.78 is 0. The van der Waals surface area contributed by atoms with Gasteiger partial charge in [-0.25, -0.2) is 10.3 Å². The van der Waals surface area contributed by atoms with E-state index in [9.17, 15) is 19.5 Å². The molecule has 0 aliphatic rings. The number of amides is 2. The van der Waals surface area contributed by atoms with Gasteiger partial charge in [0.15, 0.2) is 6.04 Å². The lowest BCUT2D eigenvalue weighted by Crippen LogP contribution is -2.33. The molecule has 128 valence electrons. The normalized spacial score (nSPS) is 11.7. The summed E-state index contributed by atoms with van der Waals surface area (Å²) in [5, 5.41) is 20.3. The van der Waals surface area contributed by atoms with Crippen LogP contribution in [0, 0.1) is 0 Å². The lowest BCUT2D eigenvalue weighted by atomic mass is 10.1. The summed E-state index contributed by atoms with van der Waals surface area (Å²) in [5.41, 5.74) is 2.70. The van der Waals surface area contributed by atoms with E-state index >= 15 is 0 Å². The summed E-state index contributed by atoms with van der Waals surface area (Å²) in [7, 11) is 0. The zero-order valence-corrected chi connectivity index (χ0v) is 13.0. The number of nitrogens with one attached hydrogen (secondary N) is 2. The molecule has 4 N–H and O–H groups in total. The third kappa shape index (κ3) is 5.02. The van der Waals surface area contributed by atoms with Crippen LogP contribution in [0.2, 0.25) is 0 Å². The highest BCUT2D eigenvalue weighted by Crippen LogP contribution is 2.15. The topological polar surface area (TPSA) is 116 Å². The van der Waals surface area contributed by atoms with Crippen LogP contribution in [0.1, 0.15) is 27.5 Å². The van der Waals surface area contributed by atoms with Gasteiger partial charge in [0.2, 0.25) is 0 Å². The van der Waals surface area contributed by atoms with Crippen molar-refractivity contribution in [2.75, 3.05) is 0 Å². The molecule has 2 amide bonds. The molecule has 25 heavy (non-hydrogen) atoms. The van der Waals surface area contributed by atoms with Crippen molar-refractivity contribution in [1.82, 2.24) is 10.8 Å². The minimum absolute atomic E-state index is 0.244. The van der Waals surface area contributed by atoms with E-state index in [4.69, 9.17) is 5.21 Å². The minimum atomic E-state index is -1.17. The van der Waals surface area contributed by atoms with Crippen molar-refractivity contribution in [3.63, 3.8) is 0 Å². The summed E-state index contributed by atoms with van der Waals surface area (Å²) in [4.78, 5) is 34.8. The van der Waals surface area contributed by atoms with Gasteiger partial charge >= 0.3 is 5.97 Å². The van der Waals surface area contributed by atoms with Crippen LogP contribution in [-0.2, 0) is 9.59 Å². The van der Waals surface area contributed by atoms with Crippen LogP contribution in [0.15, 0.2) is 60.7 Å². The molecule has 0 radical (unpaired) electrons. The number of carbonyl (C=O) groups is 3. The average Bonchev–Trinajstić information content (AvgIpc) is 2.64. The molecule has 0 aromatic heterocycles. The van der Waals surface area contributed by atoms with Gasteiger partial charge in [-0.05, 0) is 29.3 Å². The zero-order chi connectivity index (χ0) is 18.2. The third-order valence-electron chi connectivity index (χ3n) is 3.34. The zero-order valence-electron chi connectivity index (χ0n) is 13.0. The minimum Gasteiger partial charge on any atom is -0.479 e. The van der Waals surface area contributed by atoms with Gasteiger partial charge in [0.25, 0.3) is 11.8 Å². The van der Waals surface area contributed by atoms with Gasteiger partial charge in [-0.15, -0.1) is 0 Å². The lowest BCUT2D eigenvalue weighted by molar-refractivity contribution is -0.139. The molecule has 0 heterocycles. The quantitative estimate of drug-likeness (QED) is 0.363. The fourth-order valence-electron chi connectivity index (χ4n) is 2.14. The monoisotopic (exact) mass is 340 g/mol. The van der Waals surface area contributed by atoms with Crippen LogP contribution in [0.25, 0.3) is 6.08 Å². The molecular formula is C18H16N2O5. The Bertz CT molecular complexity index is 802. The standard InChI is InChI=1S/C18H16N2O5/c21-15(20-25)10-9-12-5-4-8-14(11-12)17(22)19-16(18(23)24)13-6-2-1-3-7-13/h1-11,16,25H,(H,19,22)(H,20,21)(H,23,24)/b10-9+/t16-/m0/s1. The molecule has 0 aliphatic carbocycles. The number of carboxylic acids is 1. The Morgan fingerprint density at radius 2 is 1.72 bits per heavy atom. The summed E-state index contributed by atoms with van der Waals surface area (Å²) in [6.45, 7) is 0. The fourth-order valence-corrected chi connectivity index (χ4v) is 2.14. The molecule has 7 nitrogen and oxygen atoms in total. The number of hydrogen-bond acceptors (Lipinski definition) is 4. The highest BCUT2D eigenvalue weighted by Gasteiger charge is 2.22. The van der Waals surface area contributed by atoms with E-state index in [-0.39, 0.29) is 5.56 Å². The van der Waals surface area contributed by atoms with Crippen molar-refractivity contribution in [3.8, 4) is 0 Å². The number of carboxylic acid groups (broad SMARTS) is 1. The Hall–Kier alpha value is -3.45. The maximum absolute atomic E-state index is 12.4. The maximum Gasteiger partial charge on any atom is 0.330 e. The smallest absolute Gasteiger partial charge is 0.330 e. The molecule has 2 rings (SSSR count).